The number of ether oxygens (including phenoxy) is 1. The number of esters is 1. The Labute approximate surface area is 141 Å². The van der Waals surface area contributed by atoms with Crippen molar-refractivity contribution in [2.45, 2.75) is 46.3 Å². The molecule has 0 aliphatic heterocycles. The van der Waals surface area contributed by atoms with Crippen molar-refractivity contribution in [2.75, 3.05) is 0 Å². The zero-order valence-corrected chi connectivity index (χ0v) is 14.7. The van der Waals surface area contributed by atoms with E-state index in [2.05, 4.69) is 10.4 Å². The lowest BCUT2D eigenvalue weighted by Gasteiger charge is -2.23. The van der Waals surface area contributed by atoms with Crippen molar-refractivity contribution in [1.82, 2.24) is 15.1 Å². The van der Waals surface area contributed by atoms with Crippen molar-refractivity contribution >= 4 is 11.9 Å². The van der Waals surface area contributed by atoms with Crippen LogP contribution in [-0.2, 0) is 9.53 Å². The summed E-state index contributed by atoms with van der Waals surface area (Å²) >= 11 is 0. The summed E-state index contributed by atoms with van der Waals surface area (Å²) in [6.07, 6.45) is 0.859. The highest BCUT2D eigenvalue weighted by Crippen LogP contribution is 2.13. The van der Waals surface area contributed by atoms with E-state index in [4.69, 9.17) is 4.74 Å². The van der Waals surface area contributed by atoms with Gasteiger partial charge in [-0.25, -0.2) is 9.48 Å². The van der Waals surface area contributed by atoms with Crippen molar-refractivity contribution in [3.05, 3.63) is 47.8 Å². The lowest BCUT2D eigenvalue weighted by Crippen LogP contribution is -2.46. The maximum absolute atomic E-state index is 12.2. The Balaban J connectivity index is 2.03. The van der Waals surface area contributed by atoms with E-state index in [0.717, 1.165) is 11.4 Å². The number of carbonyl (C=O) groups is 2. The Morgan fingerprint density at radius 2 is 1.79 bits per heavy atom. The van der Waals surface area contributed by atoms with Gasteiger partial charge in [0.05, 0.1) is 11.3 Å². The number of benzene rings is 1. The fraction of sp³-hybridized carbons (Fsp3) is 0.389. The van der Waals surface area contributed by atoms with Crippen LogP contribution in [-0.4, -0.2) is 33.3 Å². The first-order chi connectivity index (χ1) is 11.2. The van der Waals surface area contributed by atoms with E-state index in [0.29, 0.717) is 5.56 Å². The molecule has 24 heavy (non-hydrogen) atoms. The second kappa shape index (κ2) is 6.86. The van der Waals surface area contributed by atoms with Gasteiger partial charge < -0.3 is 10.1 Å². The molecule has 1 atom stereocenters. The van der Waals surface area contributed by atoms with Gasteiger partial charge in [0.2, 0.25) is 0 Å². The third-order valence-electron chi connectivity index (χ3n) is 3.33. The second-order valence-electron chi connectivity index (χ2n) is 6.72. The van der Waals surface area contributed by atoms with Gasteiger partial charge in [-0.1, -0.05) is 0 Å². The van der Waals surface area contributed by atoms with E-state index in [1.54, 1.807) is 42.1 Å². The summed E-state index contributed by atoms with van der Waals surface area (Å²) in [6, 6.07) is 8.80. The van der Waals surface area contributed by atoms with E-state index in [1.807, 2.05) is 33.8 Å². The Hall–Kier alpha value is -2.63. The zero-order valence-electron chi connectivity index (χ0n) is 14.7. The number of hydrogen-bond acceptors (Lipinski definition) is 4. The van der Waals surface area contributed by atoms with Crippen LogP contribution in [0.2, 0.25) is 0 Å². The molecule has 6 heteroatoms. The first kappa shape index (κ1) is 17.7. The van der Waals surface area contributed by atoms with Crippen LogP contribution in [0.15, 0.2) is 36.5 Å². The molecule has 128 valence electrons. The van der Waals surface area contributed by atoms with Crippen molar-refractivity contribution in [2.24, 2.45) is 0 Å². The summed E-state index contributed by atoms with van der Waals surface area (Å²) in [7, 11) is 0. The number of aryl methyl sites for hydroxylation is 1. The molecular formula is C18H23N3O3. The Morgan fingerprint density at radius 1 is 1.17 bits per heavy atom. The lowest BCUT2D eigenvalue weighted by molar-refractivity contribution is -0.130. The number of nitrogens with one attached hydrogen (secondary N) is 1. The topological polar surface area (TPSA) is 73.2 Å². The molecule has 2 rings (SSSR count). The van der Waals surface area contributed by atoms with Gasteiger partial charge in [-0.3, -0.25) is 4.79 Å². The summed E-state index contributed by atoms with van der Waals surface area (Å²) < 4.78 is 7.00. The maximum Gasteiger partial charge on any atom is 0.338 e. The molecule has 0 fully saturated rings. The van der Waals surface area contributed by atoms with Gasteiger partial charge in [-0.15, -0.1) is 0 Å². The highest BCUT2D eigenvalue weighted by atomic mass is 16.5. The monoisotopic (exact) mass is 329 g/mol. The quantitative estimate of drug-likeness (QED) is 0.875. The molecule has 6 nitrogen and oxygen atoms in total. The van der Waals surface area contributed by atoms with Crippen LogP contribution in [0.5, 0.6) is 0 Å². The number of carbonyl (C=O) groups excluding carboxylic acids is 2. The van der Waals surface area contributed by atoms with Crippen LogP contribution in [0.25, 0.3) is 5.69 Å². The molecule has 2 aromatic rings. The fourth-order valence-corrected chi connectivity index (χ4v) is 2.13. The minimum atomic E-state index is -0.857. The predicted octanol–water partition coefficient (Wildman–Crippen LogP) is 2.64. The minimum absolute atomic E-state index is 0.320. The summed E-state index contributed by atoms with van der Waals surface area (Å²) in [4.78, 5) is 24.1. The van der Waals surface area contributed by atoms with E-state index >= 15 is 0 Å². The third kappa shape index (κ3) is 4.44. The third-order valence-corrected chi connectivity index (χ3v) is 3.33. The first-order valence-corrected chi connectivity index (χ1v) is 7.81. The van der Waals surface area contributed by atoms with Crippen molar-refractivity contribution in [3.63, 3.8) is 0 Å². The molecule has 1 heterocycles. The number of hydrogen-bond donors (Lipinski definition) is 1. The lowest BCUT2D eigenvalue weighted by atomic mass is 10.1. The average molecular weight is 329 g/mol. The van der Waals surface area contributed by atoms with Gasteiger partial charge >= 0.3 is 5.97 Å². The van der Waals surface area contributed by atoms with Gasteiger partial charge in [0, 0.05) is 17.4 Å². The summed E-state index contributed by atoms with van der Waals surface area (Å²) in [5, 5.41) is 7.00. The van der Waals surface area contributed by atoms with Crippen LogP contribution < -0.4 is 5.32 Å². The first-order valence-electron chi connectivity index (χ1n) is 7.81. The molecule has 0 spiro atoms. The van der Waals surface area contributed by atoms with Crippen LogP contribution >= 0.6 is 0 Å². The smallest absolute Gasteiger partial charge is 0.338 e. The van der Waals surface area contributed by atoms with E-state index in [9.17, 15) is 9.59 Å². The number of amides is 1. The summed E-state index contributed by atoms with van der Waals surface area (Å²) in [5.74, 6) is -0.852. The van der Waals surface area contributed by atoms with Crippen molar-refractivity contribution in [1.29, 1.82) is 0 Å². The molecule has 1 aromatic heterocycles. The van der Waals surface area contributed by atoms with Gasteiger partial charge in [0.1, 0.15) is 0 Å². The number of rotatable bonds is 4. The standard InChI is InChI=1S/C18H23N3O3/c1-12-10-11-19-21(12)15-8-6-14(7-9-15)17(23)24-13(2)16(22)20-18(3,4)5/h6-11,13H,1-5H3,(H,20,22)/t13-/m0/s1. The SMILES string of the molecule is Cc1ccnn1-c1ccc(C(=O)O[C@@H](C)C(=O)NC(C)(C)C)cc1. The molecule has 0 saturated heterocycles. The normalized spacial score (nSPS) is 12.5. The maximum atomic E-state index is 12.2. The zero-order chi connectivity index (χ0) is 17.9. The largest absolute Gasteiger partial charge is 0.449 e. The Morgan fingerprint density at radius 3 is 2.29 bits per heavy atom. The van der Waals surface area contributed by atoms with E-state index in [-0.39, 0.29) is 11.4 Å². The van der Waals surface area contributed by atoms with Crippen LogP contribution in [0.3, 0.4) is 0 Å². The molecule has 0 aliphatic rings. The predicted molar refractivity (Wildman–Crippen MR) is 91.1 cm³/mol. The molecule has 1 N–H and O–H groups in total. The fourth-order valence-electron chi connectivity index (χ4n) is 2.13. The molecule has 1 amide bonds. The van der Waals surface area contributed by atoms with Crippen molar-refractivity contribution in [3.8, 4) is 5.69 Å². The van der Waals surface area contributed by atoms with Crippen LogP contribution in [0.4, 0.5) is 0 Å². The molecule has 1 aromatic carbocycles. The van der Waals surface area contributed by atoms with Gasteiger partial charge in [0.25, 0.3) is 5.91 Å². The van der Waals surface area contributed by atoms with Gasteiger partial charge in [-0.2, -0.15) is 5.10 Å². The molecule has 0 unspecified atom stereocenters. The van der Waals surface area contributed by atoms with Crippen molar-refractivity contribution < 1.29 is 14.3 Å². The molecule has 0 radical (unpaired) electrons. The van der Waals surface area contributed by atoms with E-state index in [1.165, 1.54) is 0 Å². The van der Waals surface area contributed by atoms with Gasteiger partial charge in [0.15, 0.2) is 6.10 Å². The average Bonchev–Trinajstić information content (AvgIpc) is 2.91. The van der Waals surface area contributed by atoms with Gasteiger partial charge in [-0.05, 0) is 65.0 Å². The Bertz CT molecular complexity index is 727. The summed E-state index contributed by atoms with van der Waals surface area (Å²) in [5.41, 5.74) is 1.87. The molecule has 0 aliphatic carbocycles. The number of nitrogens with zero attached hydrogens (tertiary/aromatic N) is 2. The minimum Gasteiger partial charge on any atom is -0.449 e. The van der Waals surface area contributed by atoms with E-state index < -0.39 is 12.1 Å². The Kier molecular flexibility index (Phi) is 5.07. The second-order valence-corrected chi connectivity index (χ2v) is 6.72. The summed E-state index contributed by atoms with van der Waals surface area (Å²) in [6.45, 7) is 9.12. The highest BCUT2D eigenvalue weighted by molar-refractivity contribution is 5.92. The van der Waals surface area contributed by atoms with Crippen LogP contribution in [0.1, 0.15) is 43.7 Å². The highest BCUT2D eigenvalue weighted by Gasteiger charge is 2.22. The van der Waals surface area contributed by atoms with Crippen LogP contribution in [0, 0.1) is 6.92 Å². The molecule has 0 bridgehead atoms. The number of aromatic nitrogens is 2. The molecular weight excluding hydrogens is 306 g/mol. The molecule has 0 saturated carbocycles.